The molecular formula is C20H34N4O2S. The molecule has 0 saturated heterocycles. The van der Waals surface area contributed by atoms with Gasteiger partial charge < -0.3 is 10.6 Å². The lowest BCUT2D eigenvalue weighted by Gasteiger charge is -2.31. The van der Waals surface area contributed by atoms with Crippen molar-refractivity contribution in [3.63, 3.8) is 0 Å². The molecule has 0 amide bonds. The molecule has 0 spiro atoms. The maximum atomic E-state index is 11.5. The first-order chi connectivity index (χ1) is 12.7. The zero-order chi connectivity index (χ0) is 20.0. The van der Waals surface area contributed by atoms with E-state index in [-0.39, 0.29) is 5.41 Å². The van der Waals surface area contributed by atoms with Crippen LogP contribution in [-0.4, -0.2) is 45.8 Å². The maximum absolute atomic E-state index is 11.5. The molecule has 0 aliphatic heterocycles. The standard InChI is InChI=1S/C20H34N4O2S/c1-5-21-18(22-15-19(2,3)24-27(4,25)26)23-16-20(13-9-10-14-20)17-11-7-6-8-12-17/h6-8,11-12,24H,5,9-10,13-16H2,1-4H3,(H2,21,22,23). The molecule has 1 aromatic rings. The Kier molecular flexibility index (Phi) is 7.28. The fourth-order valence-corrected chi connectivity index (χ4v) is 4.88. The van der Waals surface area contributed by atoms with Gasteiger partial charge in [-0.05, 0) is 39.2 Å². The Hall–Kier alpha value is -1.60. The molecule has 0 heterocycles. The fourth-order valence-electron chi connectivity index (χ4n) is 3.82. The molecule has 0 aromatic heterocycles. The van der Waals surface area contributed by atoms with Crippen molar-refractivity contribution in [3.8, 4) is 0 Å². The summed E-state index contributed by atoms with van der Waals surface area (Å²) in [6.07, 6.45) is 6.01. The number of rotatable bonds is 8. The topological polar surface area (TPSA) is 82.6 Å². The van der Waals surface area contributed by atoms with E-state index in [4.69, 9.17) is 0 Å². The van der Waals surface area contributed by atoms with Crippen LogP contribution in [0.2, 0.25) is 0 Å². The third-order valence-corrected chi connectivity index (χ3v) is 5.90. The summed E-state index contributed by atoms with van der Waals surface area (Å²) in [5, 5.41) is 6.77. The van der Waals surface area contributed by atoms with Crippen LogP contribution in [0.3, 0.4) is 0 Å². The lowest BCUT2D eigenvalue weighted by atomic mass is 9.79. The SMILES string of the molecule is CCNC(=NCC(C)(C)NS(C)(=O)=O)NCC1(c2ccccc2)CCCC1. The van der Waals surface area contributed by atoms with Gasteiger partial charge in [0, 0.05) is 24.0 Å². The van der Waals surface area contributed by atoms with E-state index >= 15 is 0 Å². The molecular weight excluding hydrogens is 360 g/mol. The number of hydrogen-bond donors (Lipinski definition) is 3. The summed E-state index contributed by atoms with van der Waals surface area (Å²) in [7, 11) is -3.27. The van der Waals surface area contributed by atoms with Crippen LogP contribution in [0.15, 0.2) is 35.3 Å². The van der Waals surface area contributed by atoms with Crippen molar-refractivity contribution < 1.29 is 8.42 Å². The third kappa shape index (κ3) is 6.81. The van der Waals surface area contributed by atoms with Crippen molar-refractivity contribution in [2.45, 2.75) is 57.4 Å². The highest BCUT2D eigenvalue weighted by Gasteiger charge is 2.35. The number of guanidine groups is 1. The van der Waals surface area contributed by atoms with Crippen molar-refractivity contribution in [2.75, 3.05) is 25.9 Å². The Labute approximate surface area is 164 Å². The van der Waals surface area contributed by atoms with E-state index < -0.39 is 15.6 Å². The Morgan fingerprint density at radius 1 is 1.15 bits per heavy atom. The number of nitrogens with zero attached hydrogens (tertiary/aromatic N) is 1. The van der Waals surface area contributed by atoms with Gasteiger partial charge in [0.2, 0.25) is 10.0 Å². The van der Waals surface area contributed by atoms with Crippen molar-refractivity contribution in [2.24, 2.45) is 4.99 Å². The van der Waals surface area contributed by atoms with Crippen LogP contribution >= 0.6 is 0 Å². The normalized spacial score (nSPS) is 17.7. The average molecular weight is 395 g/mol. The molecule has 0 bridgehead atoms. The van der Waals surface area contributed by atoms with E-state index in [9.17, 15) is 8.42 Å². The summed E-state index contributed by atoms with van der Waals surface area (Å²) < 4.78 is 25.7. The molecule has 152 valence electrons. The van der Waals surface area contributed by atoms with Crippen LogP contribution in [-0.2, 0) is 15.4 Å². The lowest BCUT2D eigenvalue weighted by Crippen LogP contribution is -2.48. The molecule has 3 N–H and O–H groups in total. The van der Waals surface area contributed by atoms with Crippen molar-refractivity contribution >= 4 is 16.0 Å². The van der Waals surface area contributed by atoms with Crippen molar-refractivity contribution in [1.82, 2.24) is 15.4 Å². The second kappa shape index (κ2) is 9.06. The first-order valence-corrected chi connectivity index (χ1v) is 11.6. The molecule has 1 aliphatic carbocycles. The predicted octanol–water partition coefficient (Wildman–Crippen LogP) is 2.38. The van der Waals surface area contributed by atoms with Crippen LogP contribution in [0.1, 0.15) is 52.0 Å². The van der Waals surface area contributed by atoms with Crippen molar-refractivity contribution in [1.29, 1.82) is 0 Å². The van der Waals surface area contributed by atoms with Gasteiger partial charge in [-0.3, -0.25) is 4.99 Å². The minimum absolute atomic E-state index is 0.137. The first kappa shape index (κ1) is 21.7. The van der Waals surface area contributed by atoms with E-state index in [2.05, 4.69) is 50.7 Å². The van der Waals surface area contributed by atoms with E-state index in [1.54, 1.807) is 0 Å². The highest BCUT2D eigenvalue weighted by Crippen LogP contribution is 2.40. The molecule has 1 aromatic carbocycles. The van der Waals surface area contributed by atoms with Gasteiger partial charge in [0.05, 0.1) is 12.8 Å². The van der Waals surface area contributed by atoms with Crippen LogP contribution in [0, 0.1) is 0 Å². The minimum Gasteiger partial charge on any atom is -0.357 e. The number of benzene rings is 1. The molecule has 2 rings (SSSR count). The van der Waals surface area contributed by atoms with E-state index in [1.807, 2.05) is 20.8 Å². The monoisotopic (exact) mass is 394 g/mol. The smallest absolute Gasteiger partial charge is 0.209 e. The minimum atomic E-state index is -3.27. The van der Waals surface area contributed by atoms with Crippen LogP contribution in [0.5, 0.6) is 0 Å². The van der Waals surface area contributed by atoms with E-state index in [1.165, 1.54) is 37.5 Å². The second-order valence-corrected chi connectivity index (χ2v) is 9.91. The number of sulfonamides is 1. The zero-order valence-electron chi connectivity index (χ0n) is 17.0. The van der Waals surface area contributed by atoms with E-state index in [0.29, 0.717) is 6.54 Å². The molecule has 27 heavy (non-hydrogen) atoms. The van der Waals surface area contributed by atoms with Gasteiger partial charge in [-0.15, -0.1) is 0 Å². The summed E-state index contributed by atoms with van der Waals surface area (Å²) >= 11 is 0. The molecule has 6 nitrogen and oxygen atoms in total. The molecule has 7 heteroatoms. The maximum Gasteiger partial charge on any atom is 0.209 e. The first-order valence-electron chi connectivity index (χ1n) is 9.72. The number of hydrogen-bond acceptors (Lipinski definition) is 3. The zero-order valence-corrected chi connectivity index (χ0v) is 17.8. The largest absolute Gasteiger partial charge is 0.357 e. The van der Waals surface area contributed by atoms with E-state index in [0.717, 1.165) is 19.0 Å². The molecule has 1 saturated carbocycles. The molecule has 0 radical (unpaired) electrons. The number of aliphatic imine (C=N–C) groups is 1. The Morgan fingerprint density at radius 3 is 2.33 bits per heavy atom. The molecule has 1 aliphatic rings. The summed E-state index contributed by atoms with van der Waals surface area (Å²) in [4.78, 5) is 4.62. The molecule has 1 fully saturated rings. The second-order valence-electron chi connectivity index (χ2n) is 8.16. The molecule has 0 atom stereocenters. The van der Waals surface area contributed by atoms with Gasteiger partial charge >= 0.3 is 0 Å². The van der Waals surface area contributed by atoms with Gasteiger partial charge in [-0.1, -0.05) is 43.2 Å². The van der Waals surface area contributed by atoms with Crippen LogP contribution < -0.4 is 15.4 Å². The number of nitrogens with one attached hydrogen (secondary N) is 3. The van der Waals surface area contributed by atoms with Gasteiger partial charge in [-0.25, -0.2) is 13.1 Å². The lowest BCUT2D eigenvalue weighted by molar-refractivity contribution is 0.429. The summed E-state index contributed by atoms with van der Waals surface area (Å²) in [6.45, 7) is 7.63. The van der Waals surface area contributed by atoms with Gasteiger partial charge in [0.15, 0.2) is 5.96 Å². The highest BCUT2D eigenvalue weighted by molar-refractivity contribution is 7.88. The summed E-state index contributed by atoms with van der Waals surface area (Å²) in [5.74, 6) is 0.725. The Balaban J connectivity index is 2.08. The van der Waals surface area contributed by atoms with Gasteiger partial charge in [0.25, 0.3) is 0 Å². The van der Waals surface area contributed by atoms with Gasteiger partial charge in [0.1, 0.15) is 0 Å². The average Bonchev–Trinajstić information content (AvgIpc) is 3.06. The van der Waals surface area contributed by atoms with Crippen LogP contribution in [0.25, 0.3) is 0 Å². The summed E-state index contributed by atoms with van der Waals surface area (Å²) in [6, 6.07) is 10.7. The highest BCUT2D eigenvalue weighted by atomic mass is 32.2. The fraction of sp³-hybridized carbons (Fsp3) is 0.650. The Bertz CT molecular complexity index is 724. The van der Waals surface area contributed by atoms with Gasteiger partial charge in [-0.2, -0.15) is 0 Å². The summed E-state index contributed by atoms with van der Waals surface area (Å²) in [5.41, 5.74) is 0.878. The van der Waals surface area contributed by atoms with Crippen molar-refractivity contribution in [3.05, 3.63) is 35.9 Å². The Morgan fingerprint density at radius 2 is 1.78 bits per heavy atom. The van der Waals surface area contributed by atoms with Crippen LogP contribution in [0.4, 0.5) is 0 Å². The third-order valence-electron chi connectivity index (χ3n) is 4.98. The molecule has 0 unspecified atom stereocenters. The predicted molar refractivity (Wildman–Crippen MR) is 113 cm³/mol. The quantitative estimate of drug-likeness (QED) is 0.467.